The lowest BCUT2D eigenvalue weighted by atomic mass is 9.73. The van der Waals surface area contributed by atoms with Crippen molar-refractivity contribution in [2.24, 2.45) is 12.5 Å². The average molecular weight is 636 g/mol. The van der Waals surface area contributed by atoms with Crippen LogP contribution in [0.2, 0.25) is 0 Å². The second kappa shape index (κ2) is 11.1. The molecule has 11 heteroatoms. The van der Waals surface area contributed by atoms with Crippen LogP contribution in [0.25, 0.3) is 27.6 Å². The number of rotatable bonds is 6. The highest BCUT2D eigenvalue weighted by atomic mass is 19.1. The van der Waals surface area contributed by atoms with Gasteiger partial charge in [0.25, 0.3) is 11.1 Å². The largest absolute Gasteiger partial charge is 0.392 e. The molecule has 2 saturated heterocycles. The maximum Gasteiger partial charge on any atom is 0.282 e. The normalized spacial score (nSPS) is 15.9. The van der Waals surface area contributed by atoms with Crippen LogP contribution in [0.5, 0.6) is 0 Å². The predicted molar refractivity (Wildman–Crippen MR) is 182 cm³/mol. The van der Waals surface area contributed by atoms with E-state index in [0.29, 0.717) is 44.7 Å². The minimum Gasteiger partial charge on any atom is -0.392 e. The first-order valence-electron chi connectivity index (χ1n) is 15.7. The summed E-state index contributed by atoms with van der Waals surface area (Å²) in [5.41, 5.74) is 3.28. The minimum atomic E-state index is -0.627. The standard InChI is InChI=1S/C36H38FN7O3/c1-35(2,3)24-11-22-14-39-44(34(47)32(22)28(37)13-24)30-8-6-7-26(27(30)17-45)23-12-29(33(46)42(5)16-23)40-31-10-9-25(15-38-31)43-20-36(21-43)18-41(4)19-36/h6-16,45H,17-21H2,1-5H3,(H,38,40). The van der Waals surface area contributed by atoms with Crippen molar-refractivity contribution >= 4 is 28.0 Å². The van der Waals surface area contributed by atoms with Gasteiger partial charge in [-0.1, -0.05) is 32.9 Å². The van der Waals surface area contributed by atoms with Crippen molar-refractivity contribution in [1.29, 1.82) is 0 Å². The number of aromatic nitrogens is 4. The number of nitrogens with zero attached hydrogens (tertiary/aromatic N) is 6. The van der Waals surface area contributed by atoms with Gasteiger partial charge in [0.15, 0.2) is 0 Å². The molecule has 2 aliphatic rings. The second-order valence-electron chi connectivity index (χ2n) is 14.1. The van der Waals surface area contributed by atoms with Crippen LogP contribution in [0.1, 0.15) is 31.9 Å². The van der Waals surface area contributed by atoms with E-state index in [9.17, 15) is 14.7 Å². The fourth-order valence-electron chi connectivity index (χ4n) is 7.03. The molecule has 0 unspecified atom stereocenters. The van der Waals surface area contributed by atoms with Gasteiger partial charge < -0.3 is 24.8 Å². The highest BCUT2D eigenvalue weighted by Gasteiger charge is 2.50. The molecule has 5 aromatic rings. The summed E-state index contributed by atoms with van der Waals surface area (Å²) in [7, 11) is 3.79. The van der Waals surface area contributed by atoms with Gasteiger partial charge >= 0.3 is 0 Å². The SMILES string of the molecule is CN1CC2(C1)CN(c1ccc(Nc3cc(-c4cccc(-n5ncc6cc(C(C)(C)C)cc(F)c6c5=O)c4CO)cn(C)c3=O)nc1)C2. The Labute approximate surface area is 271 Å². The van der Waals surface area contributed by atoms with Crippen molar-refractivity contribution in [3.05, 3.63) is 105 Å². The molecular formula is C36H38FN7O3. The number of fused-ring (bicyclic) bond motifs is 1. The molecule has 1 spiro atoms. The van der Waals surface area contributed by atoms with Gasteiger partial charge in [0.2, 0.25) is 0 Å². The van der Waals surface area contributed by atoms with Crippen LogP contribution in [-0.4, -0.2) is 62.6 Å². The van der Waals surface area contributed by atoms with Crippen LogP contribution in [0, 0.1) is 11.2 Å². The molecule has 0 atom stereocenters. The molecule has 0 aliphatic carbocycles. The van der Waals surface area contributed by atoms with Gasteiger partial charge in [-0.3, -0.25) is 9.59 Å². The van der Waals surface area contributed by atoms with Crippen LogP contribution >= 0.6 is 0 Å². The molecule has 2 aliphatic heterocycles. The maximum atomic E-state index is 15.4. The molecule has 2 N–H and O–H groups in total. The van der Waals surface area contributed by atoms with Crippen LogP contribution < -0.4 is 21.3 Å². The van der Waals surface area contributed by atoms with E-state index in [2.05, 4.69) is 32.2 Å². The van der Waals surface area contributed by atoms with Crippen LogP contribution in [0.3, 0.4) is 0 Å². The molecule has 242 valence electrons. The Morgan fingerprint density at radius 1 is 0.979 bits per heavy atom. The van der Waals surface area contributed by atoms with Crippen LogP contribution in [0.4, 0.5) is 21.6 Å². The van der Waals surface area contributed by atoms with Gasteiger partial charge in [-0.05, 0) is 60.0 Å². The number of aliphatic hydroxyl groups is 1. The van der Waals surface area contributed by atoms with Gasteiger partial charge in [-0.25, -0.2) is 9.37 Å². The molecular weight excluding hydrogens is 597 g/mol. The lowest BCUT2D eigenvalue weighted by Gasteiger charge is -2.60. The summed E-state index contributed by atoms with van der Waals surface area (Å²) in [4.78, 5) is 36.1. The van der Waals surface area contributed by atoms with Crippen LogP contribution in [0.15, 0.2) is 76.7 Å². The topological polar surface area (TPSA) is 109 Å². The number of nitrogens with one attached hydrogen (secondary N) is 1. The van der Waals surface area contributed by atoms with E-state index in [4.69, 9.17) is 0 Å². The molecule has 0 bridgehead atoms. The number of pyridine rings is 2. The third kappa shape index (κ3) is 5.39. The summed E-state index contributed by atoms with van der Waals surface area (Å²) in [5, 5.41) is 18.5. The zero-order chi connectivity index (χ0) is 33.2. The Bertz CT molecular complexity index is 2140. The number of hydrogen-bond acceptors (Lipinski definition) is 8. The van der Waals surface area contributed by atoms with E-state index >= 15 is 4.39 Å². The zero-order valence-electron chi connectivity index (χ0n) is 27.2. The van der Waals surface area contributed by atoms with Crippen molar-refractivity contribution < 1.29 is 9.50 Å². The van der Waals surface area contributed by atoms with E-state index < -0.39 is 18.0 Å². The first-order chi connectivity index (χ1) is 22.4. The third-order valence-corrected chi connectivity index (χ3v) is 9.38. The maximum absolute atomic E-state index is 15.4. The van der Waals surface area contributed by atoms with Gasteiger partial charge in [0.05, 0.1) is 35.8 Å². The highest BCUT2D eigenvalue weighted by molar-refractivity contribution is 5.83. The molecule has 5 heterocycles. The Balaban J connectivity index is 1.21. The third-order valence-electron chi connectivity index (χ3n) is 9.38. The Morgan fingerprint density at radius 2 is 1.74 bits per heavy atom. The number of benzene rings is 2. The monoisotopic (exact) mass is 635 g/mol. The molecule has 0 amide bonds. The van der Waals surface area contributed by atoms with Gasteiger partial charge in [-0.15, -0.1) is 0 Å². The molecule has 47 heavy (non-hydrogen) atoms. The lowest BCUT2D eigenvalue weighted by molar-refractivity contribution is -0.00241. The Morgan fingerprint density at radius 3 is 2.40 bits per heavy atom. The summed E-state index contributed by atoms with van der Waals surface area (Å²) < 4.78 is 17.9. The van der Waals surface area contributed by atoms with Crippen molar-refractivity contribution in [1.82, 2.24) is 24.2 Å². The smallest absolute Gasteiger partial charge is 0.282 e. The summed E-state index contributed by atoms with van der Waals surface area (Å²) in [6.45, 7) is 9.81. The van der Waals surface area contributed by atoms with Gasteiger partial charge in [-0.2, -0.15) is 9.78 Å². The van der Waals surface area contributed by atoms with E-state index in [1.165, 1.54) is 16.8 Å². The number of aliphatic hydroxyl groups excluding tert-OH is 1. The van der Waals surface area contributed by atoms with E-state index in [-0.39, 0.29) is 16.4 Å². The Kier molecular flexibility index (Phi) is 7.29. The first-order valence-corrected chi connectivity index (χ1v) is 15.7. The molecule has 2 aromatic carbocycles. The fraction of sp³-hybridized carbons (Fsp3) is 0.333. The average Bonchev–Trinajstić information content (AvgIpc) is 3.00. The number of hydrogen-bond donors (Lipinski definition) is 2. The predicted octanol–water partition coefficient (Wildman–Crippen LogP) is 4.57. The molecule has 10 nitrogen and oxygen atoms in total. The molecule has 0 radical (unpaired) electrons. The minimum absolute atomic E-state index is 0.0707. The van der Waals surface area contributed by atoms with E-state index in [1.807, 2.05) is 39.1 Å². The zero-order valence-corrected chi connectivity index (χ0v) is 27.2. The Hall–Kier alpha value is -4.87. The number of halogens is 1. The molecule has 3 aromatic heterocycles. The highest BCUT2D eigenvalue weighted by Crippen LogP contribution is 2.41. The van der Waals surface area contributed by atoms with Crippen molar-refractivity contribution in [3.63, 3.8) is 0 Å². The van der Waals surface area contributed by atoms with Crippen molar-refractivity contribution in [2.45, 2.75) is 32.8 Å². The summed E-state index contributed by atoms with van der Waals surface area (Å²) in [6, 6.07) is 13.9. The lowest BCUT2D eigenvalue weighted by Crippen LogP contribution is -2.71. The molecule has 7 rings (SSSR count). The second-order valence-corrected chi connectivity index (χ2v) is 14.1. The summed E-state index contributed by atoms with van der Waals surface area (Å²) in [6.07, 6.45) is 4.96. The number of anilines is 3. The summed E-state index contributed by atoms with van der Waals surface area (Å²) >= 11 is 0. The van der Waals surface area contributed by atoms with Crippen LogP contribution in [-0.2, 0) is 19.1 Å². The molecule has 0 saturated carbocycles. The van der Waals surface area contributed by atoms with Crippen molar-refractivity contribution in [3.8, 4) is 16.8 Å². The van der Waals surface area contributed by atoms with E-state index in [0.717, 1.165) is 42.1 Å². The van der Waals surface area contributed by atoms with Gasteiger partial charge in [0, 0.05) is 61.4 Å². The quantitative estimate of drug-likeness (QED) is 0.280. The first kappa shape index (κ1) is 30.8. The van der Waals surface area contributed by atoms with E-state index in [1.54, 1.807) is 43.6 Å². The summed E-state index contributed by atoms with van der Waals surface area (Å²) in [5.74, 6) is -0.0907. The molecule has 2 fully saturated rings. The number of likely N-dealkylation sites (tertiary alicyclic amines) is 1. The van der Waals surface area contributed by atoms with Gasteiger partial charge in [0.1, 0.15) is 17.3 Å². The van der Waals surface area contributed by atoms with Crippen molar-refractivity contribution in [2.75, 3.05) is 43.4 Å². The fourth-order valence-corrected chi connectivity index (χ4v) is 7.03. The number of aryl methyl sites for hydroxylation is 1.